The fraction of sp³-hybridized carbons (Fsp3) is 0.727. The smallest absolute Gasteiger partial charge is 0.405 e. The molecule has 0 spiro atoms. The standard InChI is InChI=1S/C11H15F2N3O3/c1-6(2)8(19-10(15)18)9(17)16-5-11(12,13)3-7(16)4-14/h6-8H,3,5H2,1-2H3,(H2,15,18)/t7-,8+/m0/s1. The van der Waals surface area contributed by atoms with Gasteiger partial charge in [0.25, 0.3) is 11.8 Å². The van der Waals surface area contributed by atoms with Crippen molar-refractivity contribution in [2.24, 2.45) is 11.7 Å². The number of nitrogens with two attached hydrogens (primary N) is 1. The van der Waals surface area contributed by atoms with Crippen molar-refractivity contribution >= 4 is 12.0 Å². The minimum atomic E-state index is -3.11. The first kappa shape index (κ1) is 15.1. The van der Waals surface area contributed by atoms with Gasteiger partial charge in [0.05, 0.1) is 12.6 Å². The van der Waals surface area contributed by atoms with Gasteiger partial charge in [-0.2, -0.15) is 5.26 Å². The number of alkyl halides is 2. The third-order valence-electron chi connectivity index (χ3n) is 2.79. The van der Waals surface area contributed by atoms with E-state index < -0.39 is 49.0 Å². The summed E-state index contributed by atoms with van der Waals surface area (Å²) < 4.78 is 31.1. The van der Waals surface area contributed by atoms with E-state index >= 15 is 0 Å². The zero-order valence-corrected chi connectivity index (χ0v) is 10.6. The summed E-state index contributed by atoms with van der Waals surface area (Å²) in [5.74, 6) is -4.37. The minimum absolute atomic E-state index is 0.437. The fourth-order valence-electron chi connectivity index (χ4n) is 1.92. The first-order valence-corrected chi connectivity index (χ1v) is 5.72. The number of ether oxygens (including phenoxy) is 1. The maximum atomic E-state index is 13.2. The Labute approximate surface area is 109 Å². The molecule has 1 saturated heterocycles. The highest BCUT2D eigenvalue weighted by atomic mass is 19.3. The van der Waals surface area contributed by atoms with Crippen LogP contribution in [0.2, 0.25) is 0 Å². The highest BCUT2D eigenvalue weighted by Gasteiger charge is 2.49. The maximum absolute atomic E-state index is 13.2. The van der Waals surface area contributed by atoms with Crippen LogP contribution in [0.15, 0.2) is 0 Å². The molecule has 1 fully saturated rings. The van der Waals surface area contributed by atoms with E-state index in [2.05, 4.69) is 4.74 Å². The van der Waals surface area contributed by atoms with Crippen molar-refractivity contribution in [3.8, 4) is 6.07 Å². The molecule has 0 unspecified atom stereocenters. The van der Waals surface area contributed by atoms with E-state index in [1.165, 1.54) is 0 Å². The normalized spacial score (nSPS) is 22.9. The van der Waals surface area contributed by atoms with Crippen molar-refractivity contribution in [1.82, 2.24) is 4.90 Å². The van der Waals surface area contributed by atoms with Crippen LogP contribution in [0, 0.1) is 17.2 Å². The van der Waals surface area contributed by atoms with Gasteiger partial charge in [0.2, 0.25) is 0 Å². The number of nitrogens with zero attached hydrogens (tertiary/aromatic N) is 2. The average Bonchev–Trinajstić information content (AvgIpc) is 2.60. The number of amides is 2. The van der Waals surface area contributed by atoms with E-state index in [0.717, 1.165) is 4.90 Å². The molecule has 106 valence electrons. The summed E-state index contributed by atoms with van der Waals surface area (Å²) >= 11 is 0. The molecule has 0 aromatic heterocycles. The fourth-order valence-corrected chi connectivity index (χ4v) is 1.92. The molecule has 0 radical (unpaired) electrons. The minimum Gasteiger partial charge on any atom is -0.436 e. The second-order valence-corrected chi connectivity index (χ2v) is 4.77. The molecule has 2 N–H and O–H groups in total. The van der Waals surface area contributed by atoms with Gasteiger partial charge in [0.1, 0.15) is 6.04 Å². The van der Waals surface area contributed by atoms with Crippen LogP contribution in [0.3, 0.4) is 0 Å². The molecule has 1 heterocycles. The summed E-state index contributed by atoms with van der Waals surface area (Å²) in [6.07, 6.45) is -3.13. The summed E-state index contributed by atoms with van der Waals surface area (Å²) in [5.41, 5.74) is 4.84. The van der Waals surface area contributed by atoms with Crippen molar-refractivity contribution in [2.45, 2.75) is 38.3 Å². The van der Waals surface area contributed by atoms with E-state index in [4.69, 9.17) is 11.0 Å². The van der Waals surface area contributed by atoms with E-state index in [9.17, 15) is 18.4 Å². The van der Waals surface area contributed by atoms with E-state index in [1.54, 1.807) is 19.9 Å². The lowest BCUT2D eigenvalue weighted by Gasteiger charge is -2.26. The lowest BCUT2D eigenvalue weighted by molar-refractivity contribution is -0.143. The second-order valence-electron chi connectivity index (χ2n) is 4.77. The third kappa shape index (κ3) is 3.53. The molecular formula is C11H15F2N3O3. The van der Waals surface area contributed by atoms with E-state index in [1.807, 2.05) is 0 Å². The van der Waals surface area contributed by atoms with Crippen LogP contribution in [-0.4, -0.2) is 41.5 Å². The summed E-state index contributed by atoms with van der Waals surface area (Å²) in [6.45, 7) is 2.32. The SMILES string of the molecule is CC(C)[C@@H](OC(N)=O)C(=O)N1CC(F)(F)C[C@H]1C#N. The van der Waals surface area contributed by atoms with Crippen molar-refractivity contribution in [1.29, 1.82) is 5.26 Å². The Bertz CT molecular complexity index is 420. The number of hydrogen-bond acceptors (Lipinski definition) is 4. The number of rotatable bonds is 3. The van der Waals surface area contributed by atoms with E-state index in [-0.39, 0.29) is 0 Å². The average molecular weight is 275 g/mol. The Balaban J connectivity index is 2.91. The Hall–Kier alpha value is -1.91. The monoisotopic (exact) mass is 275 g/mol. The lowest BCUT2D eigenvalue weighted by atomic mass is 10.1. The number of carbonyl (C=O) groups is 2. The van der Waals surface area contributed by atoms with Gasteiger partial charge in [0, 0.05) is 6.42 Å². The van der Waals surface area contributed by atoms with Gasteiger partial charge in [-0.3, -0.25) is 4.79 Å². The highest BCUT2D eigenvalue weighted by molar-refractivity contribution is 5.84. The number of nitriles is 1. The van der Waals surface area contributed by atoms with Crippen molar-refractivity contribution in [3.63, 3.8) is 0 Å². The topological polar surface area (TPSA) is 96.4 Å². The molecule has 0 aliphatic carbocycles. The molecule has 1 aliphatic heterocycles. The predicted molar refractivity (Wildman–Crippen MR) is 60.0 cm³/mol. The van der Waals surface area contributed by atoms with Crippen molar-refractivity contribution in [3.05, 3.63) is 0 Å². The molecule has 8 heteroatoms. The van der Waals surface area contributed by atoms with Gasteiger partial charge in [-0.05, 0) is 5.92 Å². The van der Waals surface area contributed by atoms with Gasteiger partial charge >= 0.3 is 6.09 Å². The van der Waals surface area contributed by atoms with Crippen LogP contribution in [0.4, 0.5) is 13.6 Å². The number of halogens is 2. The quantitative estimate of drug-likeness (QED) is 0.826. The van der Waals surface area contributed by atoms with Crippen LogP contribution in [0.5, 0.6) is 0 Å². The Morgan fingerprint density at radius 2 is 2.11 bits per heavy atom. The van der Waals surface area contributed by atoms with Gasteiger partial charge in [0.15, 0.2) is 6.10 Å². The Kier molecular flexibility index (Phi) is 4.29. The number of carbonyl (C=O) groups excluding carboxylic acids is 2. The van der Waals surface area contributed by atoms with Gasteiger partial charge in [-0.15, -0.1) is 0 Å². The van der Waals surface area contributed by atoms with Crippen LogP contribution < -0.4 is 5.73 Å². The molecule has 19 heavy (non-hydrogen) atoms. The van der Waals surface area contributed by atoms with Gasteiger partial charge in [-0.25, -0.2) is 13.6 Å². The molecule has 6 nitrogen and oxygen atoms in total. The van der Waals surface area contributed by atoms with Crippen LogP contribution in [-0.2, 0) is 9.53 Å². The first-order chi connectivity index (χ1) is 8.68. The molecule has 1 aliphatic rings. The number of primary amides is 1. The number of hydrogen-bond donors (Lipinski definition) is 1. The third-order valence-corrected chi connectivity index (χ3v) is 2.79. The molecule has 0 aromatic carbocycles. The Morgan fingerprint density at radius 3 is 2.53 bits per heavy atom. The zero-order valence-electron chi connectivity index (χ0n) is 10.6. The number of likely N-dealkylation sites (tertiary alicyclic amines) is 1. The highest BCUT2D eigenvalue weighted by Crippen LogP contribution is 2.32. The summed E-state index contributed by atoms with van der Waals surface area (Å²) in [7, 11) is 0. The lowest BCUT2D eigenvalue weighted by Crippen LogP contribution is -2.47. The van der Waals surface area contributed by atoms with Crippen molar-refractivity contribution in [2.75, 3.05) is 6.54 Å². The Morgan fingerprint density at radius 1 is 1.53 bits per heavy atom. The predicted octanol–water partition coefficient (Wildman–Crippen LogP) is 0.866. The van der Waals surface area contributed by atoms with Crippen molar-refractivity contribution < 1.29 is 23.1 Å². The summed E-state index contributed by atoms with van der Waals surface area (Å²) in [5, 5.41) is 8.81. The van der Waals surface area contributed by atoms with Crippen LogP contribution in [0.1, 0.15) is 20.3 Å². The maximum Gasteiger partial charge on any atom is 0.405 e. The van der Waals surface area contributed by atoms with Crippen LogP contribution in [0.25, 0.3) is 0 Å². The second kappa shape index (κ2) is 5.38. The molecule has 0 aromatic rings. The van der Waals surface area contributed by atoms with Crippen LogP contribution >= 0.6 is 0 Å². The molecule has 0 saturated carbocycles. The molecule has 2 amide bonds. The largest absolute Gasteiger partial charge is 0.436 e. The first-order valence-electron chi connectivity index (χ1n) is 5.72. The summed E-state index contributed by atoms with van der Waals surface area (Å²) in [4.78, 5) is 23.6. The van der Waals surface area contributed by atoms with Gasteiger partial charge < -0.3 is 15.4 Å². The molecule has 2 atom stereocenters. The summed E-state index contributed by atoms with van der Waals surface area (Å²) in [6, 6.07) is 0.429. The molecular weight excluding hydrogens is 260 g/mol. The zero-order chi connectivity index (χ0) is 14.8. The molecule has 0 bridgehead atoms. The van der Waals surface area contributed by atoms with Gasteiger partial charge in [-0.1, -0.05) is 13.8 Å². The molecule has 1 rings (SSSR count). The van der Waals surface area contributed by atoms with E-state index in [0.29, 0.717) is 0 Å².